The number of rotatable bonds is 8. The summed E-state index contributed by atoms with van der Waals surface area (Å²) in [6.45, 7) is 2.65. The Hall–Kier alpha value is -1.40. The minimum Gasteiger partial charge on any atom is -0.493 e. The van der Waals surface area contributed by atoms with Crippen LogP contribution < -0.4 is 15.2 Å². The highest BCUT2D eigenvalue weighted by Gasteiger charge is 2.31. The average molecular weight is 314 g/mol. The molecular weight excluding hydrogens is 290 g/mol. The van der Waals surface area contributed by atoms with Crippen LogP contribution in [0.3, 0.4) is 0 Å². The van der Waals surface area contributed by atoms with Gasteiger partial charge in [0.05, 0.1) is 7.11 Å². The van der Waals surface area contributed by atoms with Gasteiger partial charge in [-0.2, -0.15) is 8.78 Å². The molecule has 0 bridgehead atoms. The molecule has 0 unspecified atom stereocenters. The van der Waals surface area contributed by atoms with Gasteiger partial charge in [0, 0.05) is 24.7 Å². The van der Waals surface area contributed by atoms with Crippen LogP contribution in [0, 0.1) is 0 Å². The Labute approximate surface area is 130 Å². The first-order chi connectivity index (χ1) is 10.3. The Balaban J connectivity index is 2.10. The second-order valence-electron chi connectivity index (χ2n) is 6.49. The molecule has 0 atom stereocenters. The van der Waals surface area contributed by atoms with Crippen molar-refractivity contribution < 1.29 is 18.3 Å². The van der Waals surface area contributed by atoms with E-state index in [1.165, 1.54) is 26.0 Å². The Morgan fingerprint density at radius 2 is 2.00 bits per heavy atom. The number of hydrogen-bond donors (Lipinski definition) is 1. The number of halogens is 2. The molecule has 2 rings (SSSR count). The third kappa shape index (κ3) is 5.10. The fourth-order valence-corrected chi connectivity index (χ4v) is 2.52. The van der Waals surface area contributed by atoms with Crippen molar-refractivity contribution >= 4 is 0 Å². The lowest BCUT2D eigenvalue weighted by Gasteiger charge is -2.30. The van der Waals surface area contributed by atoms with Crippen LogP contribution >= 0.6 is 0 Å². The summed E-state index contributed by atoms with van der Waals surface area (Å²) < 4.78 is 34.3. The standard InChI is InChI=1S/C16H24F2N2O2/c1-16(2,19)10-20(12-5-6-12)9-11-4-7-13(22-15(17)18)14(8-11)21-3/h4,7-8,12,15H,5-6,9-10,19H2,1-3H3. The SMILES string of the molecule is COc1cc(CN(CC(C)(C)N)C2CC2)ccc1OC(F)F. The van der Waals surface area contributed by atoms with Gasteiger partial charge in [0.1, 0.15) is 0 Å². The molecule has 6 heteroatoms. The second kappa shape index (κ2) is 6.79. The van der Waals surface area contributed by atoms with Crippen molar-refractivity contribution in [3.8, 4) is 11.5 Å². The van der Waals surface area contributed by atoms with Gasteiger partial charge in [-0.15, -0.1) is 0 Å². The highest BCUT2D eigenvalue weighted by Crippen LogP contribution is 2.33. The van der Waals surface area contributed by atoms with E-state index in [-0.39, 0.29) is 11.3 Å². The predicted molar refractivity (Wildman–Crippen MR) is 81.3 cm³/mol. The molecule has 2 N–H and O–H groups in total. The molecule has 4 nitrogen and oxygen atoms in total. The summed E-state index contributed by atoms with van der Waals surface area (Å²) in [4.78, 5) is 2.34. The molecule has 0 aromatic heterocycles. The van der Waals surface area contributed by atoms with Crippen molar-refractivity contribution in [1.82, 2.24) is 4.90 Å². The molecule has 0 saturated heterocycles. The molecule has 1 aliphatic rings. The number of nitrogens with zero attached hydrogens (tertiary/aromatic N) is 1. The zero-order valence-electron chi connectivity index (χ0n) is 13.3. The first-order valence-corrected chi connectivity index (χ1v) is 7.43. The van der Waals surface area contributed by atoms with Gasteiger partial charge >= 0.3 is 6.61 Å². The number of nitrogens with two attached hydrogens (primary N) is 1. The van der Waals surface area contributed by atoms with Gasteiger partial charge in [-0.05, 0) is 44.4 Å². The zero-order valence-corrected chi connectivity index (χ0v) is 13.3. The van der Waals surface area contributed by atoms with Crippen LogP contribution in [0.4, 0.5) is 8.78 Å². The van der Waals surface area contributed by atoms with E-state index in [2.05, 4.69) is 9.64 Å². The van der Waals surface area contributed by atoms with Crippen molar-refractivity contribution in [3.63, 3.8) is 0 Å². The fraction of sp³-hybridized carbons (Fsp3) is 0.625. The summed E-state index contributed by atoms with van der Waals surface area (Å²) in [7, 11) is 1.44. The summed E-state index contributed by atoms with van der Waals surface area (Å²) in [5.41, 5.74) is 6.84. The Morgan fingerprint density at radius 1 is 1.32 bits per heavy atom. The van der Waals surface area contributed by atoms with Crippen LogP contribution in [-0.4, -0.2) is 36.7 Å². The summed E-state index contributed by atoms with van der Waals surface area (Å²) in [6, 6.07) is 5.63. The third-order valence-corrected chi connectivity index (χ3v) is 3.50. The van der Waals surface area contributed by atoms with E-state index in [0.717, 1.165) is 18.7 Å². The van der Waals surface area contributed by atoms with Crippen molar-refractivity contribution in [2.75, 3.05) is 13.7 Å². The highest BCUT2D eigenvalue weighted by molar-refractivity contribution is 5.43. The lowest BCUT2D eigenvalue weighted by molar-refractivity contribution is -0.0512. The zero-order chi connectivity index (χ0) is 16.3. The first kappa shape index (κ1) is 17.0. The van der Waals surface area contributed by atoms with Crippen molar-refractivity contribution in [2.24, 2.45) is 5.73 Å². The van der Waals surface area contributed by atoms with Gasteiger partial charge in [0.2, 0.25) is 0 Å². The number of hydrogen-bond acceptors (Lipinski definition) is 4. The second-order valence-corrected chi connectivity index (χ2v) is 6.49. The highest BCUT2D eigenvalue weighted by atomic mass is 19.3. The van der Waals surface area contributed by atoms with E-state index in [4.69, 9.17) is 10.5 Å². The van der Waals surface area contributed by atoms with Crippen molar-refractivity contribution in [3.05, 3.63) is 23.8 Å². The monoisotopic (exact) mass is 314 g/mol. The molecule has 0 radical (unpaired) electrons. The molecule has 1 fully saturated rings. The van der Waals surface area contributed by atoms with Gasteiger partial charge in [0.15, 0.2) is 11.5 Å². The van der Waals surface area contributed by atoms with E-state index in [0.29, 0.717) is 11.8 Å². The van der Waals surface area contributed by atoms with E-state index in [1.807, 2.05) is 13.8 Å². The predicted octanol–water partition coefficient (Wildman–Crippen LogP) is 3.00. The van der Waals surface area contributed by atoms with Crippen LogP contribution in [0.2, 0.25) is 0 Å². The normalized spacial score (nSPS) is 15.5. The molecule has 1 aliphatic carbocycles. The van der Waals surface area contributed by atoms with Crippen LogP contribution in [0.5, 0.6) is 11.5 Å². The quantitative estimate of drug-likeness (QED) is 0.801. The van der Waals surface area contributed by atoms with E-state index < -0.39 is 6.61 Å². The van der Waals surface area contributed by atoms with Crippen LogP contribution in [0.15, 0.2) is 18.2 Å². The summed E-state index contributed by atoms with van der Waals surface area (Å²) >= 11 is 0. The Bertz CT molecular complexity index is 499. The largest absolute Gasteiger partial charge is 0.493 e. The Morgan fingerprint density at radius 3 is 2.50 bits per heavy atom. The molecule has 124 valence electrons. The Kier molecular flexibility index (Phi) is 5.24. The topological polar surface area (TPSA) is 47.7 Å². The van der Waals surface area contributed by atoms with E-state index in [1.54, 1.807) is 12.1 Å². The summed E-state index contributed by atoms with van der Waals surface area (Å²) in [5, 5.41) is 0. The van der Waals surface area contributed by atoms with Crippen LogP contribution in [0.1, 0.15) is 32.3 Å². The summed E-state index contributed by atoms with van der Waals surface area (Å²) in [6.07, 6.45) is 2.36. The molecular formula is C16H24F2N2O2. The van der Waals surface area contributed by atoms with Gasteiger partial charge < -0.3 is 15.2 Å². The molecule has 0 heterocycles. The number of alkyl halides is 2. The lowest BCUT2D eigenvalue weighted by atomic mass is 10.1. The van der Waals surface area contributed by atoms with Gasteiger partial charge in [-0.1, -0.05) is 6.07 Å². The van der Waals surface area contributed by atoms with Crippen LogP contribution in [-0.2, 0) is 6.54 Å². The lowest BCUT2D eigenvalue weighted by Crippen LogP contribution is -2.45. The molecule has 0 spiro atoms. The molecule has 0 aliphatic heterocycles. The van der Waals surface area contributed by atoms with Crippen molar-refractivity contribution in [2.45, 2.75) is 51.4 Å². The van der Waals surface area contributed by atoms with Gasteiger partial charge in [-0.25, -0.2) is 0 Å². The molecule has 0 amide bonds. The smallest absolute Gasteiger partial charge is 0.387 e. The third-order valence-electron chi connectivity index (χ3n) is 3.50. The number of benzene rings is 1. The number of methoxy groups -OCH3 is 1. The molecule has 22 heavy (non-hydrogen) atoms. The fourth-order valence-electron chi connectivity index (χ4n) is 2.52. The summed E-state index contributed by atoms with van der Waals surface area (Å²) in [5.74, 6) is 0.374. The van der Waals surface area contributed by atoms with Gasteiger partial charge in [-0.3, -0.25) is 4.90 Å². The van der Waals surface area contributed by atoms with Crippen LogP contribution in [0.25, 0.3) is 0 Å². The van der Waals surface area contributed by atoms with E-state index in [9.17, 15) is 8.78 Å². The maximum atomic E-state index is 12.3. The minimum atomic E-state index is -2.86. The maximum absolute atomic E-state index is 12.3. The first-order valence-electron chi connectivity index (χ1n) is 7.43. The molecule has 1 saturated carbocycles. The minimum absolute atomic E-state index is 0.0541. The number of ether oxygens (including phenoxy) is 2. The van der Waals surface area contributed by atoms with Gasteiger partial charge in [0.25, 0.3) is 0 Å². The maximum Gasteiger partial charge on any atom is 0.387 e. The van der Waals surface area contributed by atoms with E-state index >= 15 is 0 Å². The molecule has 1 aromatic carbocycles. The average Bonchev–Trinajstić information content (AvgIpc) is 3.21. The molecule has 1 aromatic rings. The van der Waals surface area contributed by atoms with Crippen molar-refractivity contribution in [1.29, 1.82) is 0 Å².